The van der Waals surface area contributed by atoms with Crippen molar-refractivity contribution >= 4 is 34.9 Å². The van der Waals surface area contributed by atoms with Gasteiger partial charge in [0, 0.05) is 17.3 Å². The summed E-state index contributed by atoms with van der Waals surface area (Å²) in [6.45, 7) is 3.61. The van der Waals surface area contributed by atoms with Crippen molar-refractivity contribution in [3.05, 3.63) is 64.1 Å². The number of thioether (sulfide) groups is 1. The van der Waals surface area contributed by atoms with Gasteiger partial charge in [-0.2, -0.15) is 0 Å². The standard InChI is InChI=1S/C23H27N5O2S2/c1-2-27(15-20(29)24-13-19-9-6-12-31-19)21(30)16-32-23-26-25-22(18-10-11-18)28(23)14-17-7-4-3-5-8-17/h3-9,12,18H,2,10-11,13-16H2,1H3,(H,24,29). The number of rotatable bonds is 11. The second-order valence-electron chi connectivity index (χ2n) is 7.74. The minimum absolute atomic E-state index is 0.0608. The molecule has 0 saturated heterocycles. The van der Waals surface area contributed by atoms with Crippen LogP contribution in [0.3, 0.4) is 0 Å². The van der Waals surface area contributed by atoms with Crippen LogP contribution in [0.25, 0.3) is 0 Å². The Morgan fingerprint density at radius 1 is 1.19 bits per heavy atom. The molecule has 7 nitrogen and oxygen atoms in total. The average molecular weight is 470 g/mol. The summed E-state index contributed by atoms with van der Waals surface area (Å²) in [5.74, 6) is 1.47. The molecular weight excluding hydrogens is 442 g/mol. The monoisotopic (exact) mass is 469 g/mol. The number of likely N-dealkylation sites (N-methyl/N-ethyl adjacent to an activating group) is 1. The number of carbonyl (C=O) groups excluding carboxylic acids is 2. The normalized spacial score (nSPS) is 13.2. The first-order valence-electron chi connectivity index (χ1n) is 10.8. The van der Waals surface area contributed by atoms with Gasteiger partial charge in [0.05, 0.1) is 25.4 Å². The molecule has 1 aliphatic rings. The molecule has 168 valence electrons. The predicted octanol–water partition coefficient (Wildman–Crippen LogP) is 3.52. The maximum atomic E-state index is 12.8. The Hall–Kier alpha value is -2.65. The maximum Gasteiger partial charge on any atom is 0.239 e. The maximum absolute atomic E-state index is 12.8. The van der Waals surface area contributed by atoms with Crippen LogP contribution in [0.1, 0.15) is 41.9 Å². The zero-order valence-corrected chi connectivity index (χ0v) is 19.7. The number of thiophene rings is 1. The van der Waals surface area contributed by atoms with Gasteiger partial charge in [-0.05, 0) is 36.8 Å². The van der Waals surface area contributed by atoms with Gasteiger partial charge in [-0.25, -0.2) is 0 Å². The number of carbonyl (C=O) groups is 2. The second kappa shape index (κ2) is 10.8. The summed E-state index contributed by atoms with van der Waals surface area (Å²) in [5, 5.41) is 14.4. The van der Waals surface area contributed by atoms with Crippen molar-refractivity contribution in [3.63, 3.8) is 0 Å². The van der Waals surface area contributed by atoms with Crippen LogP contribution in [-0.4, -0.2) is 50.3 Å². The molecule has 0 bridgehead atoms. The van der Waals surface area contributed by atoms with E-state index in [0.717, 1.165) is 28.7 Å². The number of benzene rings is 1. The molecule has 1 saturated carbocycles. The average Bonchev–Trinajstić information content (AvgIpc) is 3.36. The Bertz CT molecular complexity index is 1030. The smallest absolute Gasteiger partial charge is 0.239 e. The van der Waals surface area contributed by atoms with Crippen LogP contribution in [0.5, 0.6) is 0 Å². The third kappa shape index (κ3) is 5.98. The molecule has 2 aromatic heterocycles. The third-order valence-electron chi connectivity index (χ3n) is 5.30. The minimum atomic E-state index is -0.151. The van der Waals surface area contributed by atoms with Crippen molar-refractivity contribution in [1.29, 1.82) is 0 Å². The molecular formula is C23H27N5O2S2. The fraction of sp³-hybridized carbons (Fsp3) is 0.391. The zero-order valence-electron chi connectivity index (χ0n) is 18.1. The highest BCUT2D eigenvalue weighted by Gasteiger charge is 2.30. The predicted molar refractivity (Wildman–Crippen MR) is 127 cm³/mol. The van der Waals surface area contributed by atoms with E-state index < -0.39 is 0 Å². The van der Waals surface area contributed by atoms with Crippen LogP contribution < -0.4 is 5.32 Å². The van der Waals surface area contributed by atoms with Crippen LogP contribution in [0.2, 0.25) is 0 Å². The number of nitrogens with one attached hydrogen (secondary N) is 1. The second-order valence-corrected chi connectivity index (χ2v) is 9.71. The van der Waals surface area contributed by atoms with Crippen molar-refractivity contribution in [2.45, 2.75) is 43.9 Å². The fourth-order valence-electron chi connectivity index (χ4n) is 3.39. The number of aromatic nitrogens is 3. The molecule has 0 atom stereocenters. The van der Waals surface area contributed by atoms with Gasteiger partial charge in [-0.1, -0.05) is 48.2 Å². The van der Waals surface area contributed by atoms with Crippen LogP contribution in [0.15, 0.2) is 53.0 Å². The first-order valence-corrected chi connectivity index (χ1v) is 12.7. The number of hydrogen-bond acceptors (Lipinski definition) is 6. The van der Waals surface area contributed by atoms with Crippen molar-refractivity contribution < 1.29 is 9.59 Å². The van der Waals surface area contributed by atoms with Crippen LogP contribution >= 0.6 is 23.1 Å². The molecule has 0 spiro atoms. The molecule has 9 heteroatoms. The Labute approximate surface area is 196 Å². The summed E-state index contributed by atoms with van der Waals surface area (Å²) < 4.78 is 2.13. The van der Waals surface area contributed by atoms with Crippen LogP contribution in [-0.2, 0) is 22.7 Å². The van der Waals surface area contributed by atoms with E-state index in [0.29, 0.717) is 25.6 Å². The van der Waals surface area contributed by atoms with E-state index in [4.69, 9.17) is 0 Å². The lowest BCUT2D eigenvalue weighted by Gasteiger charge is -2.20. The third-order valence-corrected chi connectivity index (χ3v) is 7.13. The van der Waals surface area contributed by atoms with Gasteiger partial charge in [0.15, 0.2) is 5.16 Å². The molecule has 1 N–H and O–H groups in total. The van der Waals surface area contributed by atoms with Gasteiger partial charge in [-0.3, -0.25) is 9.59 Å². The topological polar surface area (TPSA) is 80.1 Å². The molecule has 2 amide bonds. The summed E-state index contributed by atoms with van der Waals surface area (Å²) in [7, 11) is 0. The van der Waals surface area contributed by atoms with Gasteiger partial charge < -0.3 is 14.8 Å². The highest BCUT2D eigenvalue weighted by atomic mass is 32.2. The first kappa shape index (κ1) is 22.5. The van der Waals surface area contributed by atoms with Gasteiger partial charge in [0.2, 0.25) is 11.8 Å². The lowest BCUT2D eigenvalue weighted by molar-refractivity contribution is -0.133. The van der Waals surface area contributed by atoms with E-state index in [2.05, 4.69) is 32.2 Å². The highest BCUT2D eigenvalue weighted by molar-refractivity contribution is 7.99. The number of hydrogen-bond donors (Lipinski definition) is 1. The van der Waals surface area contributed by atoms with E-state index in [1.54, 1.807) is 16.2 Å². The van der Waals surface area contributed by atoms with Gasteiger partial charge in [-0.15, -0.1) is 21.5 Å². The zero-order chi connectivity index (χ0) is 22.3. The quantitative estimate of drug-likeness (QED) is 0.435. The van der Waals surface area contributed by atoms with E-state index in [9.17, 15) is 9.59 Å². The first-order chi connectivity index (χ1) is 15.6. The Morgan fingerprint density at radius 2 is 2.00 bits per heavy atom. The van der Waals surface area contributed by atoms with E-state index in [1.807, 2.05) is 42.6 Å². The molecule has 2 heterocycles. The lowest BCUT2D eigenvalue weighted by Crippen LogP contribution is -2.41. The van der Waals surface area contributed by atoms with Crippen molar-refractivity contribution in [3.8, 4) is 0 Å². The van der Waals surface area contributed by atoms with Gasteiger partial charge in [0.1, 0.15) is 5.82 Å². The Balaban J connectivity index is 1.34. The summed E-state index contributed by atoms with van der Waals surface area (Å²) >= 11 is 2.99. The van der Waals surface area contributed by atoms with Crippen molar-refractivity contribution in [1.82, 2.24) is 25.0 Å². The lowest BCUT2D eigenvalue weighted by atomic mass is 10.2. The molecule has 0 radical (unpaired) electrons. The van der Waals surface area contributed by atoms with Gasteiger partial charge in [0.25, 0.3) is 0 Å². The SMILES string of the molecule is CCN(CC(=O)NCc1cccs1)C(=O)CSc1nnc(C2CC2)n1Cc1ccccc1. The largest absolute Gasteiger partial charge is 0.350 e. The van der Waals surface area contributed by atoms with Gasteiger partial charge >= 0.3 is 0 Å². The number of nitrogens with zero attached hydrogens (tertiary/aromatic N) is 4. The molecule has 4 rings (SSSR count). The van der Waals surface area contributed by atoms with Crippen molar-refractivity contribution in [2.75, 3.05) is 18.8 Å². The van der Waals surface area contributed by atoms with Crippen LogP contribution in [0, 0.1) is 0 Å². The highest BCUT2D eigenvalue weighted by Crippen LogP contribution is 2.40. The molecule has 1 aliphatic carbocycles. The molecule has 0 unspecified atom stereocenters. The summed E-state index contributed by atoms with van der Waals surface area (Å²) in [5.41, 5.74) is 1.18. The van der Waals surface area contributed by atoms with E-state index >= 15 is 0 Å². The Morgan fingerprint density at radius 3 is 2.69 bits per heavy atom. The Kier molecular flexibility index (Phi) is 7.59. The molecule has 3 aromatic rings. The summed E-state index contributed by atoms with van der Waals surface area (Å²) in [4.78, 5) is 27.8. The van der Waals surface area contributed by atoms with E-state index in [1.165, 1.54) is 17.3 Å². The van der Waals surface area contributed by atoms with Crippen LogP contribution in [0.4, 0.5) is 0 Å². The summed E-state index contributed by atoms with van der Waals surface area (Å²) in [6.07, 6.45) is 2.28. The molecule has 1 fully saturated rings. The molecule has 32 heavy (non-hydrogen) atoms. The van der Waals surface area contributed by atoms with E-state index in [-0.39, 0.29) is 24.1 Å². The van der Waals surface area contributed by atoms with Crippen molar-refractivity contribution in [2.24, 2.45) is 0 Å². The molecule has 0 aliphatic heterocycles. The minimum Gasteiger partial charge on any atom is -0.350 e. The summed E-state index contributed by atoms with van der Waals surface area (Å²) in [6, 6.07) is 14.2. The fourth-order valence-corrected chi connectivity index (χ4v) is 4.88. The number of amides is 2. The molecule has 1 aromatic carbocycles.